The molecule has 0 aromatic carbocycles. The highest BCUT2D eigenvalue weighted by Gasteiger charge is 2.49. The number of rotatable bonds is 5. The van der Waals surface area contributed by atoms with E-state index in [1.54, 1.807) is 0 Å². The van der Waals surface area contributed by atoms with E-state index in [1.165, 1.54) is 17.2 Å². The van der Waals surface area contributed by atoms with Gasteiger partial charge in [0.1, 0.15) is 30.2 Å². The molecule has 5 atom stereocenters. The number of phosphoric ester groups is 1. The molecule has 3 heterocycles. The van der Waals surface area contributed by atoms with Gasteiger partial charge in [-0.3, -0.25) is 13.6 Å². The summed E-state index contributed by atoms with van der Waals surface area (Å²) in [5.74, 6) is 0.137. The van der Waals surface area contributed by atoms with Gasteiger partial charge in [-0.1, -0.05) is 0 Å². The van der Waals surface area contributed by atoms with Gasteiger partial charge in [-0.2, -0.15) is 0 Å². The molecule has 0 saturated carbocycles. The van der Waals surface area contributed by atoms with E-state index in [-0.39, 0.29) is 11.5 Å². The van der Waals surface area contributed by atoms with Gasteiger partial charge < -0.3 is 25.6 Å². The van der Waals surface area contributed by atoms with Gasteiger partial charge in [0.05, 0.1) is 12.9 Å². The molecule has 1 fully saturated rings. The fraction of sp³-hybridized carbons (Fsp3) is 0.545. The highest BCUT2D eigenvalue weighted by molar-refractivity contribution is 7.47. The molecule has 2 aromatic rings. The third-order valence-corrected chi connectivity index (χ3v) is 4.61. The van der Waals surface area contributed by atoms with Crippen LogP contribution in [0.5, 0.6) is 0 Å². The van der Waals surface area contributed by atoms with Gasteiger partial charge in [0.15, 0.2) is 17.7 Å². The fourth-order valence-corrected chi connectivity index (χ4v) is 3.08. The maximum Gasteiger partial charge on any atom is 0.472 e. The first-order valence-corrected chi connectivity index (χ1v) is 8.32. The van der Waals surface area contributed by atoms with Gasteiger partial charge >= 0.3 is 7.82 Å². The SMILES string of the molecule is COP(=O)(O)O[C@@H]1[C@H](O)[C@@H](CO)O[C@H]1n1cnc2c(N)ncnc21. The first-order chi connectivity index (χ1) is 11.4. The van der Waals surface area contributed by atoms with E-state index in [0.717, 1.165) is 7.11 Å². The molecule has 1 aliphatic heterocycles. The summed E-state index contributed by atoms with van der Waals surface area (Å²) >= 11 is 0. The minimum Gasteiger partial charge on any atom is -0.394 e. The molecule has 132 valence electrons. The van der Waals surface area contributed by atoms with Crippen LogP contribution in [0.3, 0.4) is 0 Å². The van der Waals surface area contributed by atoms with Crippen LogP contribution in [0.15, 0.2) is 12.7 Å². The summed E-state index contributed by atoms with van der Waals surface area (Å²) in [5.41, 5.74) is 6.28. The average Bonchev–Trinajstić information content (AvgIpc) is 3.10. The molecule has 0 radical (unpaired) electrons. The van der Waals surface area contributed by atoms with Crippen molar-refractivity contribution in [2.24, 2.45) is 0 Å². The summed E-state index contributed by atoms with van der Waals surface area (Å²) in [7, 11) is -3.43. The number of aliphatic hydroxyl groups is 2. The number of aliphatic hydroxyl groups excluding tert-OH is 2. The Labute approximate surface area is 135 Å². The van der Waals surface area contributed by atoms with Gasteiger partial charge in [-0.25, -0.2) is 19.5 Å². The van der Waals surface area contributed by atoms with Crippen LogP contribution in [0.1, 0.15) is 6.23 Å². The Hall–Kier alpha value is -1.66. The summed E-state index contributed by atoms with van der Waals surface area (Å²) in [5, 5.41) is 19.5. The molecule has 2 aromatic heterocycles. The van der Waals surface area contributed by atoms with Crippen molar-refractivity contribution in [1.82, 2.24) is 19.5 Å². The van der Waals surface area contributed by atoms with Crippen LogP contribution in [0.2, 0.25) is 0 Å². The molecule has 0 amide bonds. The van der Waals surface area contributed by atoms with Crippen molar-refractivity contribution in [2.45, 2.75) is 24.5 Å². The number of hydrogen-bond acceptors (Lipinski definition) is 10. The second-order valence-electron chi connectivity index (χ2n) is 5.04. The van der Waals surface area contributed by atoms with Crippen molar-refractivity contribution in [3.63, 3.8) is 0 Å². The predicted molar refractivity (Wildman–Crippen MR) is 78.4 cm³/mol. The van der Waals surface area contributed by atoms with Crippen molar-refractivity contribution in [1.29, 1.82) is 0 Å². The Bertz CT molecular complexity index is 785. The lowest BCUT2D eigenvalue weighted by Crippen LogP contribution is -2.35. The molecule has 1 aliphatic rings. The van der Waals surface area contributed by atoms with E-state index in [0.29, 0.717) is 5.52 Å². The van der Waals surface area contributed by atoms with Gasteiger partial charge in [-0.15, -0.1) is 0 Å². The second kappa shape index (κ2) is 6.33. The van der Waals surface area contributed by atoms with Gasteiger partial charge in [0, 0.05) is 7.11 Å². The van der Waals surface area contributed by atoms with Crippen LogP contribution in [-0.2, 0) is 18.3 Å². The summed E-state index contributed by atoms with van der Waals surface area (Å²) < 4.78 is 28.0. The Kier molecular flexibility index (Phi) is 4.53. The minimum absolute atomic E-state index is 0.137. The Balaban J connectivity index is 2.02. The van der Waals surface area contributed by atoms with E-state index < -0.39 is 39.0 Å². The lowest BCUT2D eigenvalue weighted by atomic mass is 10.1. The summed E-state index contributed by atoms with van der Waals surface area (Å²) in [4.78, 5) is 21.5. The summed E-state index contributed by atoms with van der Waals surface area (Å²) in [6.45, 7) is -0.524. The third-order valence-electron chi connectivity index (χ3n) is 3.64. The zero-order valence-corrected chi connectivity index (χ0v) is 13.4. The standard InChI is InChI=1S/C11H16N5O7P/c1-21-24(19,20)23-8-7(18)5(2-17)22-11(8)16-4-15-6-9(12)13-3-14-10(6)16/h3-5,7-8,11,17-18H,2H2,1H3,(H,19,20)(H2,12,13,14)/t5-,7-,8-,11-/m1/s1. The Morgan fingerprint density at radius 2 is 2.21 bits per heavy atom. The van der Waals surface area contributed by atoms with Gasteiger partial charge in [-0.05, 0) is 0 Å². The molecule has 24 heavy (non-hydrogen) atoms. The third kappa shape index (κ3) is 2.89. The number of anilines is 1. The molecule has 0 bridgehead atoms. The normalized spacial score (nSPS) is 29.8. The maximum absolute atomic E-state index is 11.7. The van der Waals surface area contributed by atoms with E-state index in [2.05, 4.69) is 19.5 Å². The average molecular weight is 361 g/mol. The molecular formula is C11H16N5O7P. The maximum atomic E-state index is 11.7. The Morgan fingerprint density at radius 3 is 2.88 bits per heavy atom. The fourth-order valence-electron chi connectivity index (χ4n) is 2.46. The number of nitrogens with zero attached hydrogens (tertiary/aromatic N) is 4. The number of imidazole rings is 1. The molecule has 1 saturated heterocycles. The number of phosphoric acid groups is 1. The van der Waals surface area contributed by atoms with Crippen LogP contribution in [0.25, 0.3) is 11.2 Å². The van der Waals surface area contributed by atoms with Crippen molar-refractivity contribution >= 4 is 24.8 Å². The van der Waals surface area contributed by atoms with Gasteiger partial charge in [0.2, 0.25) is 0 Å². The van der Waals surface area contributed by atoms with Crippen molar-refractivity contribution < 1.29 is 33.5 Å². The van der Waals surface area contributed by atoms with Crippen molar-refractivity contribution in [3.8, 4) is 0 Å². The number of ether oxygens (including phenoxy) is 1. The topological polar surface area (TPSA) is 175 Å². The van der Waals surface area contributed by atoms with Crippen LogP contribution < -0.4 is 5.73 Å². The minimum atomic E-state index is -4.42. The van der Waals surface area contributed by atoms with Crippen LogP contribution >= 0.6 is 7.82 Å². The van der Waals surface area contributed by atoms with Gasteiger partial charge in [0.25, 0.3) is 0 Å². The monoisotopic (exact) mass is 361 g/mol. The molecule has 13 heteroatoms. The number of hydrogen-bond donors (Lipinski definition) is 4. The number of nitrogens with two attached hydrogens (primary N) is 1. The Morgan fingerprint density at radius 1 is 1.46 bits per heavy atom. The first kappa shape index (κ1) is 17.2. The molecule has 1 unspecified atom stereocenters. The van der Waals surface area contributed by atoms with Crippen molar-refractivity contribution in [2.75, 3.05) is 19.5 Å². The summed E-state index contributed by atoms with van der Waals surface area (Å²) in [6, 6.07) is 0. The molecule has 12 nitrogen and oxygen atoms in total. The largest absolute Gasteiger partial charge is 0.472 e. The van der Waals surface area contributed by atoms with Crippen LogP contribution in [0.4, 0.5) is 5.82 Å². The van der Waals surface area contributed by atoms with Crippen molar-refractivity contribution in [3.05, 3.63) is 12.7 Å². The molecular weight excluding hydrogens is 345 g/mol. The number of nitrogen functional groups attached to an aromatic ring is 1. The van der Waals surface area contributed by atoms with E-state index in [9.17, 15) is 19.7 Å². The molecule has 5 N–H and O–H groups in total. The molecule has 0 spiro atoms. The lowest BCUT2D eigenvalue weighted by Gasteiger charge is -2.23. The first-order valence-electron chi connectivity index (χ1n) is 6.82. The molecule has 0 aliphatic carbocycles. The zero-order valence-electron chi connectivity index (χ0n) is 12.5. The predicted octanol–water partition coefficient (Wildman–Crippen LogP) is -1.21. The smallest absolute Gasteiger partial charge is 0.394 e. The van der Waals surface area contributed by atoms with E-state index in [1.807, 2.05) is 0 Å². The lowest BCUT2D eigenvalue weighted by molar-refractivity contribution is -0.0509. The quantitative estimate of drug-likeness (QED) is 0.470. The van der Waals surface area contributed by atoms with Crippen LogP contribution in [0, 0.1) is 0 Å². The van der Waals surface area contributed by atoms with E-state index >= 15 is 0 Å². The number of aromatic nitrogens is 4. The summed E-state index contributed by atoms with van der Waals surface area (Å²) in [6.07, 6.45) is -2.29. The van der Waals surface area contributed by atoms with Crippen LogP contribution in [-0.4, -0.2) is 66.7 Å². The highest BCUT2D eigenvalue weighted by atomic mass is 31.2. The number of fused-ring (bicyclic) bond motifs is 1. The second-order valence-corrected chi connectivity index (χ2v) is 6.56. The molecule has 3 rings (SSSR count). The highest BCUT2D eigenvalue weighted by Crippen LogP contribution is 2.48. The van der Waals surface area contributed by atoms with E-state index in [4.69, 9.17) is 15.0 Å². The zero-order chi connectivity index (χ0) is 17.5.